The Morgan fingerprint density at radius 2 is 1.71 bits per heavy atom. The molecule has 3 aliphatic heterocycles. The van der Waals surface area contributed by atoms with Crippen molar-refractivity contribution in [2.24, 2.45) is 4.99 Å². The van der Waals surface area contributed by atoms with E-state index in [1.165, 1.54) is 0 Å². The van der Waals surface area contributed by atoms with E-state index in [1.807, 2.05) is 4.90 Å². The Balaban J connectivity index is 1.49. The summed E-state index contributed by atoms with van der Waals surface area (Å²) in [6.07, 6.45) is 5.87. The zero-order valence-electron chi connectivity index (χ0n) is 19.8. The highest BCUT2D eigenvalue weighted by atomic mass is 16.2. The van der Waals surface area contributed by atoms with Gasteiger partial charge in [-0.2, -0.15) is 0 Å². The molecule has 0 aliphatic carbocycles. The second-order valence-electron chi connectivity index (χ2n) is 9.01. The minimum absolute atomic E-state index is 0.0388. The summed E-state index contributed by atoms with van der Waals surface area (Å²) < 4.78 is 0. The summed E-state index contributed by atoms with van der Waals surface area (Å²) in [5.41, 5.74) is 0. The van der Waals surface area contributed by atoms with Crippen LogP contribution >= 0.6 is 0 Å². The van der Waals surface area contributed by atoms with Crippen LogP contribution in [-0.4, -0.2) is 108 Å². The van der Waals surface area contributed by atoms with Crippen LogP contribution in [0, 0.1) is 0 Å². The third-order valence-electron chi connectivity index (χ3n) is 7.02. The van der Waals surface area contributed by atoms with E-state index in [0.717, 1.165) is 97.0 Å². The zero-order chi connectivity index (χ0) is 22.2. The highest BCUT2D eigenvalue weighted by Gasteiger charge is 2.31. The molecule has 3 rings (SSSR count). The van der Waals surface area contributed by atoms with Crippen LogP contribution < -0.4 is 5.32 Å². The van der Waals surface area contributed by atoms with Crippen LogP contribution in [0.15, 0.2) is 4.99 Å². The largest absolute Gasteiger partial charge is 0.357 e. The number of nitrogens with one attached hydrogen (secondary N) is 1. The van der Waals surface area contributed by atoms with Crippen LogP contribution in [0.3, 0.4) is 0 Å². The fraction of sp³-hybridized carbons (Fsp3) is 0.870. The molecule has 0 radical (unpaired) electrons. The van der Waals surface area contributed by atoms with Gasteiger partial charge in [-0.3, -0.25) is 19.5 Å². The van der Waals surface area contributed by atoms with E-state index in [2.05, 4.69) is 40.8 Å². The van der Waals surface area contributed by atoms with Crippen LogP contribution in [0.25, 0.3) is 0 Å². The molecule has 2 unspecified atom stereocenters. The number of hydrogen-bond donors (Lipinski definition) is 1. The van der Waals surface area contributed by atoms with E-state index < -0.39 is 0 Å². The molecule has 0 aromatic rings. The summed E-state index contributed by atoms with van der Waals surface area (Å²) in [5.74, 6) is 1.55. The molecule has 0 aromatic heterocycles. The molecule has 31 heavy (non-hydrogen) atoms. The molecule has 3 saturated heterocycles. The second-order valence-corrected chi connectivity index (χ2v) is 9.01. The monoisotopic (exact) mass is 434 g/mol. The molecule has 176 valence electrons. The van der Waals surface area contributed by atoms with E-state index in [9.17, 15) is 9.59 Å². The SMILES string of the molecule is CCNC(=NCCC(CC)N1CCCC1=O)N1CCN(C(C)C(=O)N2CCCC2)CC1. The molecule has 8 heteroatoms. The maximum Gasteiger partial charge on any atom is 0.239 e. The smallest absolute Gasteiger partial charge is 0.239 e. The number of carbonyl (C=O) groups excluding carboxylic acids is 2. The van der Waals surface area contributed by atoms with Crippen molar-refractivity contribution in [2.45, 2.75) is 71.4 Å². The third-order valence-corrected chi connectivity index (χ3v) is 7.02. The molecule has 0 bridgehead atoms. The Morgan fingerprint density at radius 1 is 1.00 bits per heavy atom. The molecule has 3 heterocycles. The highest BCUT2D eigenvalue weighted by molar-refractivity contribution is 5.82. The van der Waals surface area contributed by atoms with Crippen molar-refractivity contribution in [3.63, 3.8) is 0 Å². The third kappa shape index (κ3) is 6.11. The Labute approximate surface area is 188 Å². The van der Waals surface area contributed by atoms with Gasteiger partial charge in [0, 0.05) is 71.4 Å². The Morgan fingerprint density at radius 3 is 2.29 bits per heavy atom. The molecule has 0 saturated carbocycles. The lowest BCUT2D eigenvalue weighted by molar-refractivity contribution is -0.135. The van der Waals surface area contributed by atoms with E-state index in [0.29, 0.717) is 18.4 Å². The molecule has 1 N–H and O–H groups in total. The fourth-order valence-corrected chi connectivity index (χ4v) is 5.06. The lowest BCUT2D eigenvalue weighted by Gasteiger charge is -2.39. The summed E-state index contributed by atoms with van der Waals surface area (Å²) in [6.45, 7) is 14.1. The first-order chi connectivity index (χ1) is 15.0. The van der Waals surface area contributed by atoms with Gasteiger partial charge in [0.1, 0.15) is 0 Å². The predicted molar refractivity (Wildman–Crippen MR) is 124 cm³/mol. The molecule has 3 fully saturated rings. The fourth-order valence-electron chi connectivity index (χ4n) is 5.06. The van der Waals surface area contributed by atoms with E-state index >= 15 is 0 Å². The number of piperazine rings is 1. The van der Waals surface area contributed by atoms with Crippen LogP contribution in [0.4, 0.5) is 0 Å². The molecule has 2 atom stereocenters. The Kier molecular flexibility index (Phi) is 8.99. The number of guanidine groups is 1. The van der Waals surface area contributed by atoms with Crippen molar-refractivity contribution in [3.05, 3.63) is 0 Å². The summed E-state index contributed by atoms with van der Waals surface area (Å²) >= 11 is 0. The van der Waals surface area contributed by atoms with Crippen LogP contribution in [0.5, 0.6) is 0 Å². The molecular formula is C23H42N6O2. The van der Waals surface area contributed by atoms with Gasteiger partial charge in [0.2, 0.25) is 11.8 Å². The first-order valence-corrected chi connectivity index (χ1v) is 12.4. The van der Waals surface area contributed by atoms with Crippen molar-refractivity contribution in [1.82, 2.24) is 24.9 Å². The summed E-state index contributed by atoms with van der Waals surface area (Å²) in [7, 11) is 0. The molecule has 8 nitrogen and oxygen atoms in total. The average molecular weight is 435 g/mol. The first kappa shape index (κ1) is 23.8. The van der Waals surface area contributed by atoms with Gasteiger partial charge in [-0.15, -0.1) is 0 Å². The highest BCUT2D eigenvalue weighted by Crippen LogP contribution is 2.18. The van der Waals surface area contributed by atoms with Crippen molar-refractivity contribution in [1.29, 1.82) is 0 Å². The first-order valence-electron chi connectivity index (χ1n) is 12.4. The minimum atomic E-state index is -0.0388. The number of amides is 2. The van der Waals surface area contributed by atoms with E-state index in [4.69, 9.17) is 4.99 Å². The van der Waals surface area contributed by atoms with Crippen LogP contribution in [0.1, 0.15) is 59.3 Å². The van der Waals surface area contributed by atoms with Gasteiger partial charge in [-0.1, -0.05) is 6.92 Å². The molecule has 0 spiro atoms. The van der Waals surface area contributed by atoms with Gasteiger partial charge >= 0.3 is 0 Å². The second kappa shape index (κ2) is 11.7. The van der Waals surface area contributed by atoms with Gasteiger partial charge in [0.15, 0.2) is 5.96 Å². The standard InChI is InChI=1S/C23H42N6O2/c1-4-20(29-14-8-9-21(29)30)10-11-25-23(24-5-2)28-17-15-26(16-18-28)19(3)22(31)27-12-6-7-13-27/h19-20H,4-18H2,1-3H3,(H,24,25). The van der Waals surface area contributed by atoms with Crippen molar-refractivity contribution in [2.75, 3.05) is 58.9 Å². The zero-order valence-corrected chi connectivity index (χ0v) is 19.8. The van der Waals surface area contributed by atoms with E-state index in [1.54, 1.807) is 0 Å². The lowest BCUT2D eigenvalue weighted by atomic mass is 10.1. The Bertz CT molecular complexity index is 626. The number of rotatable bonds is 8. The predicted octanol–water partition coefficient (Wildman–Crippen LogP) is 1.37. The summed E-state index contributed by atoms with van der Waals surface area (Å²) in [4.78, 5) is 38.4. The van der Waals surface area contributed by atoms with Crippen molar-refractivity contribution < 1.29 is 9.59 Å². The van der Waals surface area contributed by atoms with Crippen LogP contribution in [0.2, 0.25) is 0 Å². The number of nitrogens with zero attached hydrogens (tertiary/aromatic N) is 5. The van der Waals surface area contributed by atoms with Crippen molar-refractivity contribution in [3.8, 4) is 0 Å². The van der Waals surface area contributed by atoms with Gasteiger partial charge in [-0.05, 0) is 46.0 Å². The summed E-state index contributed by atoms with van der Waals surface area (Å²) in [5, 5.41) is 3.44. The summed E-state index contributed by atoms with van der Waals surface area (Å²) in [6, 6.07) is 0.263. The Hall–Kier alpha value is -1.83. The topological polar surface area (TPSA) is 71.5 Å². The van der Waals surface area contributed by atoms with Gasteiger partial charge in [-0.25, -0.2) is 0 Å². The number of hydrogen-bond acceptors (Lipinski definition) is 4. The van der Waals surface area contributed by atoms with E-state index in [-0.39, 0.29) is 11.9 Å². The molecular weight excluding hydrogens is 392 g/mol. The number of likely N-dealkylation sites (tertiary alicyclic amines) is 2. The number of aliphatic imine (C=N–C) groups is 1. The normalized spacial score (nSPS) is 22.9. The van der Waals surface area contributed by atoms with Gasteiger partial charge in [0.25, 0.3) is 0 Å². The molecule has 3 aliphatic rings. The average Bonchev–Trinajstić information content (AvgIpc) is 3.47. The molecule has 0 aromatic carbocycles. The number of carbonyl (C=O) groups is 2. The van der Waals surface area contributed by atoms with Gasteiger partial charge < -0.3 is 20.0 Å². The minimum Gasteiger partial charge on any atom is -0.357 e. The van der Waals surface area contributed by atoms with Crippen LogP contribution in [-0.2, 0) is 9.59 Å². The maximum absolute atomic E-state index is 12.7. The van der Waals surface area contributed by atoms with Gasteiger partial charge in [0.05, 0.1) is 6.04 Å². The van der Waals surface area contributed by atoms with Crippen molar-refractivity contribution >= 4 is 17.8 Å². The maximum atomic E-state index is 12.7. The quantitative estimate of drug-likeness (QED) is 0.462. The lowest BCUT2D eigenvalue weighted by Crippen LogP contribution is -2.57. The molecule has 2 amide bonds.